The maximum absolute atomic E-state index is 13.3. The van der Waals surface area contributed by atoms with Crippen molar-refractivity contribution in [3.63, 3.8) is 0 Å². The van der Waals surface area contributed by atoms with Gasteiger partial charge in [0.1, 0.15) is 0 Å². The lowest BCUT2D eigenvalue weighted by Gasteiger charge is -2.27. The number of nitrogens with zero attached hydrogens (tertiary/aromatic N) is 3. The third kappa shape index (κ3) is 4.36. The molecule has 0 aliphatic carbocycles. The van der Waals surface area contributed by atoms with E-state index in [1.807, 2.05) is 60.7 Å². The van der Waals surface area contributed by atoms with Crippen LogP contribution in [-0.2, 0) is 9.53 Å². The molecule has 0 spiro atoms. The summed E-state index contributed by atoms with van der Waals surface area (Å²) in [6, 6.07) is 18.5. The molecule has 0 bridgehead atoms. The molecule has 0 saturated carbocycles. The Morgan fingerprint density at radius 3 is 2.04 bits per heavy atom. The minimum absolute atomic E-state index is 0.0646. The Morgan fingerprint density at radius 1 is 0.963 bits per heavy atom. The van der Waals surface area contributed by atoms with Crippen LogP contribution in [0.1, 0.15) is 23.8 Å². The van der Waals surface area contributed by atoms with E-state index in [1.165, 1.54) is 18.6 Å². The summed E-state index contributed by atoms with van der Waals surface area (Å²) in [7, 11) is 0. The van der Waals surface area contributed by atoms with Crippen molar-refractivity contribution in [2.75, 3.05) is 4.90 Å². The number of esters is 1. The molecule has 136 valence electrons. The highest BCUT2D eigenvalue weighted by Crippen LogP contribution is 2.27. The van der Waals surface area contributed by atoms with E-state index in [1.54, 1.807) is 11.8 Å². The number of rotatable bonds is 6. The summed E-state index contributed by atoms with van der Waals surface area (Å²) >= 11 is 0. The lowest BCUT2D eigenvalue weighted by atomic mass is 10.1. The Bertz CT molecular complexity index is 847. The Hall–Kier alpha value is -3.54. The summed E-state index contributed by atoms with van der Waals surface area (Å²) in [4.78, 5) is 34.9. The lowest BCUT2D eigenvalue weighted by molar-refractivity contribution is -0.126. The normalized spacial score (nSPS) is 11.4. The first-order valence-electron chi connectivity index (χ1n) is 8.61. The van der Waals surface area contributed by atoms with Gasteiger partial charge in [0.25, 0.3) is 5.91 Å². The molecule has 1 unspecified atom stereocenters. The molecular weight excluding hydrogens is 342 g/mol. The van der Waals surface area contributed by atoms with Gasteiger partial charge in [0.15, 0.2) is 11.8 Å². The van der Waals surface area contributed by atoms with Crippen molar-refractivity contribution >= 4 is 23.3 Å². The van der Waals surface area contributed by atoms with Crippen LogP contribution in [0.15, 0.2) is 79.3 Å². The standard InChI is InChI=1S/C21H19N3O3/c1-2-19(27-21(26)18-15-22-13-14-23-18)20(25)24(16-9-5-3-6-10-16)17-11-7-4-8-12-17/h3-15,19H,2H2,1H3. The quantitative estimate of drug-likeness (QED) is 0.625. The predicted molar refractivity (Wildman–Crippen MR) is 102 cm³/mol. The average Bonchev–Trinajstić information content (AvgIpc) is 2.74. The zero-order valence-electron chi connectivity index (χ0n) is 14.9. The van der Waals surface area contributed by atoms with Gasteiger partial charge in [-0.2, -0.15) is 0 Å². The van der Waals surface area contributed by atoms with Crippen molar-refractivity contribution in [3.05, 3.63) is 84.9 Å². The summed E-state index contributed by atoms with van der Waals surface area (Å²) in [5.41, 5.74) is 1.46. The third-order valence-corrected chi connectivity index (χ3v) is 3.92. The van der Waals surface area contributed by atoms with Crippen molar-refractivity contribution in [2.45, 2.75) is 19.4 Å². The molecular formula is C21H19N3O3. The van der Waals surface area contributed by atoms with Crippen LogP contribution in [0.2, 0.25) is 0 Å². The maximum Gasteiger partial charge on any atom is 0.359 e. The van der Waals surface area contributed by atoms with Crippen LogP contribution in [0.25, 0.3) is 0 Å². The summed E-state index contributed by atoms with van der Waals surface area (Å²) in [6.07, 6.45) is 3.57. The van der Waals surface area contributed by atoms with E-state index < -0.39 is 12.1 Å². The molecule has 1 heterocycles. The molecule has 0 radical (unpaired) electrons. The molecule has 0 saturated heterocycles. The van der Waals surface area contributed by atoms with Gasteiger partial charge in [-0.3, -0.25) is 14.7 Å². The molecule has 1 atom stereocenters. The molecule has 1 aromatic heterocycles. The van der Waals surface area contributed by atoms with Gasteiger partial charge in [-0.05, 0) is 30.7 Å². The molecule has 6 heteroatoms. The average molecular weight is 361 g/mol. The number of amides is 1. The Morgan fingerprint density at radius 2 is 1.56 bits per heavy atom. The van der Waals surface area contributed by atoms with E-state index in [0.717, 1.165) is 0 Å². The highest BCUT2D eigenvalue weighted by molar-refractivity contribution is 6.04. The minimum Gasteiger partial charge on any atom is -0.447 e. The fraction of sp³-hybridized carbons (Fsp3) is 0.143. The van der Waals surface area contributed by atoms with Crippen LogP contribution < -0.4 is 4.90 Å². The lowest BCUT2D eigenvalue weighted by Crippen LogP contribution is -2.38. The fourth-order valence-electron chi connectivity index (χ4n) is 2.60. The number of para-hydroxylation sites is 2. The first kappa shape index (κ1) is 18.3. The second-order valence-corrected chi connectivity index (χ2v) is 5.74. The van der Waals surface area contributed by atoms with Gasteiger partial charge in [0, 0.05) is 23.8 Å². The van der Waals surface area contributed by atoms with Crippen LogP contribution >= 0.6 is 0 Å². The molecule has 0 fully saturated rings. The van der Waals surface area contributed by atoms with Gasteiger partial charge in [-0.15, -0.1) is 0 Å². The van der Waals surface area contributed by atoms with Crippen LogP contribution in [0.4, 0.5) is 11.4 Å². The molecule has 27 heavy (non-hydrogen) atoms. The Kier molecular flexibility index (Phi) is 5.89. The largest absolute Gasteiger partial charge is 0.447 e. The van der Waals surface area contributed by atoms with E-state index in [4.69, 9.17) is 4.74 Å². The zero-order valence-corrected chi connectivity index (χ0v) is 14.9. The highest BCUT2D eigenvalue weighted by Gasteiger charge is 2.29. The SMILES string of the molecule is CCC(OC(=O)c1cnccn1)C(=O)N(c1ccccc1)c1ccccc1. The van der Waals surface area contributed by atoms with E-state index in [0.29, 0.717) is 17.8 Å². The topological polar surface area (TPSA) is 72.4 Å². The van der Waals surface area contributed by atoms with E-state index in [2.05, 4.69) is 9.97 Å². The van der Waals surface area contributed by atoms with Gasteiger partial charge < -0.3 is 4.74 Å². The van der Waals surface area contributed by atoms with Crippen LogP contribution in [-0.4, -0.2) is 27.9 Å². The number of carbonyl (C=O) groups is 2. The summed E-state index contributed by atoms with van der Waals surface area (Å²) in [5, 5.41) is 0. The molecule has 0 aliphatic rings. The maximum atomic E-state index is 13.3. The van der Waals surface area contributed by atoms with Crippen molar-refractivity contribution < 1.29 is 14.3 Å². The minimum atomic E-state index is -0.945. The van der Waals surface area contributed by atoms with Gasteiger partial charge in [0.2, 0.25) is 0 Å². The summed E-state index contributed by atoms with van der Waals surface area (Å²) in [5.74, 6) is -1.00. The predicted octanol–water partition coefficient (Wildman–Crippen LogP) is 3.78. The van der Waals surface area contributed by atoms with Crippen molar-refractivity contribution in [2.24, 2.45) is 0 Å². The summed E-state index contributed by atoms with van der Waals surface area (Å²) < 4.78 is 5.44. The second-order valence-electron chi connectivity index (χ2n) is 5.74. The molecule has 0 aliphatic heterocycles. The number of anilines is 2. The smallest absolute Gasteiger partial charge is 0.359 e. The number of ether oxygens (including phenoxy) is 1. The van der Waals surface area contributed by atoms with Gasteiger partial charge in [-0.25, -0.2) is 9.78 Å². The van der Waals surface area contributed by atoms with E-state index in [9.17, 15) is 9.59 Å². The number of aromatic nitrogens is 2. The van der Waals surface area contributed by atoms with Gasteiger partial charge in [-0.1, -0.05) is 43.3 Å². The molecule has 3 rings (SSSR count). The monoisotopic (exact) mass is 361 g/mol. The first-order chi connectivity index (χ1) is 13.2. The van der Waals surface area contributed by atoms with Crippen molar-refractivity contribution in [3.8, 4) is 0 Å². The number of carbonyl (C=O) groups excluding carboxylic acids is 2. The molecule has 1 amide bonds. The second kappa shape index (κ2) is 8.71. The fourth-order valence-corrected chi connectivity index (χ4v) is 2.60. The third-order valence-electron chi connectivity index (χ3n) is 3.92. The molecule has 3 aromatic rings. The molecule has 6 nitrogen and oxygen atoms in total. The Labute approximate surface area is 157 Å². The van der Waals surface area contributed by atoms with Gasteiger partial charge >= 0.3 is 5.97 Å². The van der Waals surface area contributed by atoms with Crippen molar-refractivity contribution in [1.29, 1.82) is 0 Å². The molecule has 2 aromatic carbocycles. The van der Waals surface area contributed by atoms with Crippen LogP contribution in [0.3, 0.4) is 0 Å². The van der Waals surface area contributed by atoms with E-state index in [-0.39, 0.29) is 11.6 Å². The van der Waals surface area contributed by atoms with Gasteiger partial charge in [0.05, 0.1) is 6.20 Å². The zero-order chi connectivity index (χ0) is 19.1. The Balaban J connectivity index is 1.89. The van der Waals surface area contributed by atoms with Crippen LogP contribution in [0.5, 0.6) is 0 Å². The van der Waals surface area contributed by atoms with E-state index >= 15 is 0 Å². The summed E-state index contributed by atoms with van der Waals surface area (Å²) in [6.45, 7) is 1.79. The number of hydrogen-bond donors (Lipinski definition) is 0. The van der Waals surface area contributed by atoms with Crippen LogP contribution in [0, 0.1) is 0 Å². The van der Waals surface area contributed by atoms with Crippen molar-refractivity contribution in [1.82, 2.24) is 9.97 Å². The first-order valence-corrected chi connectivity index (χ1v) is 8.61. The molecule has 0 N–H and O–H groups in total. The number of hydrogen-bond acceptors (Lipinski definition) is 5. The highest BCUT2D eigenvalue weighted by atomic mass is 16.5. The number of benzene rings is 2.